The Morgan fingerprint density at radius 3 is 2.47 bits per heavy atom. The molecular formula is C14H20O. The van der Waals surface area contributed by atoms with Gasteiger partial charge in [-0.15, -0.1) is 0 Å². The van der Waals surface area contributed by atoms with E-state index in [0.29, 0.717) is 18.6 Å². The summed E-state index contributed by atoms with van der Waals surface area (Å²) in [7, 11) is 0. The van der Waals surface area contributed by atoms with E-state index >= 15 is 0 Å². The van der Waals surface area contributed by atoms with Crippen LogP contribution in [0.15, 0.2) is 12.1 Å². The molecule has 0 aliphatic carbocycles. The van der Waals surface area contributed by atoms with Gasteiger partial charge in [0.1, 0.15) is 5.78 Å². The fourth-order valence-electron chi connectivity index (χ4n) is 1.84. The molecule has 0 heterocycles. The van der Waals surface area contributed by atoms with E-state index in [-0.39, 0.29) is 0 Å². The molecule has 0 bridgehead atoms. The first-order valence-electron chi connectivity index (χ1n) is 5.63. The maximum absolute atomic E-state index is 11.3. The van der Waals surface area contributed by atoms with Gasteiger partial charge >= 0.3 is 0 Å². The van der Waals surface area contributed by atoms with Crippen LogP contribution in [0, 0.1) is 20.8 Å². The van der Waals surface area contributed by atoms with Gasteiger partial charge in [0, 0.05) is 12.8 Å². The van der Waals surface area contributed by atoms with Crippen molar-refractivity contribution in [3.63, 3.8) is 0 Å². The molecule has 0 amide bonds. The number of hydrogen-bond acceptors (Lipinski definition) is 1. The summed E-state index contributed by atoms with van der Waals surface area (Å²) in [6.07, 6.45) is 2.23. The Kier molecular flexibility index (Phi) is 4.07. The Balaban J connectivity index is 2.81. The Bertz CT molecular complexity index is 364. The van der Waals surface area contributed by atoms with Gasteiger partial charge in [-0.3, -0.25) is 4.79 Å². The van der Waals surface area contributed by atoms with Crippen molar-refractivity contribution < 1.29 is 4.79 Å². The summed E-state index contributed by atoms with van der Waals surface area (Å²) < 4.78 is 0. The van der Waals surface area contributed by atoms with Gasteiger partial charge in [-0.25, -0.2) is 0 Å². The van der Waals surface area contributed by atoms with Gasteiger partial charge in [-0.1, -0.05) is 24.6 Å². The minimum absolute atomic E-state index is 0.355. The lowest BCUT2D eigenvalue weighted by atomic mass is 9.96. The summed E-state index contributed by atoms with van der Waals surface area (Å²) >= 11 is 0. The highest BCUT2D eigenvalue weighted by Crippen LogP contribution is 2.17. The second-order valence-electron chi connectivity index (χ2n) is 4.26. The van der Waals surface area contributed by atoms with Gasteiger partial charge in [0.05, 0.1) is 0 Å². The average molecular weight is 204 g/mol. The molecule has 15 heavy (non-hydrogen) atoms. The molecule has 0 radical (unpaired) electrons. The number of carbonyl (C=O) groups is 1. The summed E-state index contributed by atoms with van der Waals surface area (Å²) in [5, 5.41) is 0. The molecule has 0 aliphatic heterocycles. The van der Waals surface area contributed by atoms with E-state index in [1.54, 1.807) is 0 Å². The van der Waals surface area contributed by atoms with E-state index in [1.807, 2.05) is 6.92 Å². The number of Topliss-reactive ketones (excluding diaryl/α,β-unsaturated/α-hetero) is 1. The number of benzene rings is 1. The number of rotatable bonds is 4. The first-order valence-corrected chi connectivity index (χ1v) is 5.63. The standard InChI is InChI=1S/C14H20O/c1-5-14(15)7-6-13-9-10(2)8-11(3)12(13)4/h8-9H,5-7H2,1-4H3. The van der Waals surface area contributed by atoms with Gasteiger partial charge in [0.25, 0.3) is 0 Å². The zero-order chi connectivity index (χ0) is 11.4. The Morgan fingerprint density at radius 1 is 1.20 bits per heavy atom. The molecule has 1 heteroatoms. The van der Waals surface area contributed by atoms with Crippen molar-refractivity contribution in [1.29, 1.82) is 0 Å². The van der Waals surface area contributed by atoms with Crippen molar-refractivity contribution in [2.24, 2.45) is 0 Å². The van der Waals surface area contributed by atoms with Crippen LogP contribution < -0.4 is 0 Å². The summed E-state index contributed by atoms with van der Waals surface area (Å²) in [5.74, 6) is 0.355. The second kappa shape index (κ2) is 5.11. The van der Waals surface area contributed by atoms with Crippen LogP contribution in [0.2, 0.25) is 0 Å². The number of aryl methyl sites for hydroxylation is 3. The van der Waals surface area contributed by atoms with Gasteiger partial charge in [0.15, 0.2) is 0 Å². The summed E-state index contributed by atoms with van der Waals surface area (Å²) in [5.41, 5.74) is 5.28. The lowest BCUT2D eigenvalue weighted by Crippen LogP contribution is -2.00. The molecule has 1 rings (SSSR count). The molecule has 0 N–H and O–H groups in total. The third kappa shape index (κ3) is 3.19. The Hall–Kier alpha value is -1.11. The van der Waals surface area contributed by atoms with E-state index < -0.39 is 0 Å². The van der Waals surface area contributed by atoms with E-state index in [1.165, 1.54) is 22.3 Å². The molecule has 82 valence electrons. The van der Waals surface area contributed by atoms with E-state index in [2.05, 4.69) is 32.9 Å². The van der Waals surface area contributed by atoms with Crippen molar-refractivity contribution in [3.8, 4) is 0 Å². The highest BCUT2D eigenvalue weighted by atomic mass is 16.1. The quantitative estimate of drug-likeness (QED) is 0.733. The third-order valence-electron chi connectivity index (χ3n) is 2.99. The van der Waals surface area contributed by atoms with Crippen LogP contribution in [-0.2, 0) is 11.2 Å². The monoisotopic (exact) mass is 204 g/mol. The van der Waals surface area contributed by atoms with Crippen molar-refractivity contribution in [2.45, 2.75) is 47.0 Å². The third-order valence-corrected chi connectivity index (χ3v) is 2.99. The molecule has 0 atom stereocenters. The normalized spacial score (nSPS) is 10.4. The van der Waals surface area contributed by atoms with E-state index in [0.717, 1.165) is 6.42 Å². The zero-order valence-electron chi connectivity index (χ0n) is 10.2. The predicted molar refractivity (Wildman–Crippen MR) is 64.3 cm³/mol. The van der Waals surface area contributed by atoms with Crippen LogP contribution in [0.5, 0.6) is 0 Å². The average Bonchev–Trinajstić information content (AvgIpc) is 2.20. The predicted octanol–water partition coefficient (Wildman–Crippen LogP) is 3.52. The van der Waals surface area contributed by atoms with Crippen LogP contribution in [-0.4, -0.2) is 5.78 Å². The van der Waals surface area contributed by atoms with Crippen molar-refractivity contribution in [2.75, 3.05) is 0 Å². The smallest absolute Gasteiger partial charge is 0.132 e. The van der Waals surface area contributed by atoms with Crippen molar-refractivity contribution in [3.05, 3.63) is 34.4 Å². The van der Waals surface area contributed by atoms with Crippen molar-refractivity contribution >= 4 is 5.78 Å². The Morgan fingerprint density at radius 2 is 1.87 bits per heavy atom. The van der Waals surface area contributed by atoms with Gasteiger partial charge < -0.3 is 0 Å². The molecule has 0 saturated heterocycles. The van der Waals surface area contributed by atoms with Gasteiger partial charge in [-0.2, -0.15) is 0 Å². The fraction of sp³-hybridized carbons (Fsp3) is 0.500. The summed E-state index contributed by atoms with van der Waals surface area (Å²) in [6, 6.07) is 4.39. The van der Waals surface area contributed by atoms with Crippen molar-refractivity contribution in [1.82, 2.24) is 0 Å². The minimum atomic E-state index is 0.355. The maximum Gasteiger partial charge on any atom is 0.132 e. The van der Waals surface area contributed by atoms with Crippen LogP contribution in [0.4, 0.5) is 0 Å². The second-order valence-corrected chi connectivity index (χ2v) is 4.26. The SMILES string of the molecule is CCC(=O)CCc1cc(C)cc(C)c1C. The molecule has 0 spiro atoms. The van der Waals surface area contributed by atoms with E-state index in [9.17, 15) is 4.79 Å². The first-order chi connectivity index (χ1) is 7.04. The fourth-order valence-corrected chi connectivity index (χ4v) is 1.84. The van der Waals surface area contributed by atoms with Crippen LogP contribution in [0.25, 0.3) is 0 Å². The molecule has 1 aromatic carbocycles. The molecule has 0 saturated carbocycles. The highest BCUT2D eigenvalue weighted by molar-refractivity contribution is 5.78. The first kappa shape index (κ1) is 12.0. The molecule has 0 fully saturated rings. The summed E-state index contributed by atoms with van der Waals surface area (Å²) in [4.78, 5) is 11.3. The lowest BCUT2D eigenvalue weighted by molar-refractivity contribution is -0.118. The molecular weight excluding hydrogens is 184 g/mol. The number of carbonyl (C=O) groups excluding carboxylic acids is 1. The van der Waals surface area contributed by atoms with Gasteiger partial charge in [-0.05, 0) is 43.9 Å². The van der Waals surface area contributed by atoms with Crippen LogP contribution >= 0.6 is 0 Å². The minimum Gasteiger partial charge on any atom is -0.300 e. The lowest BCUT2D eigenvalue weighted by Gasteiger charge is -2.09. The summed E-state index contributed by atoms with van der Waals surface area (Å²) in [6.45, 7) is 8.31. The molecule has 1 aromatic rings. The zero-order valence-corrected chi connectivity index (χ0v) is 10.2. The largest absolute Gasteiger partial charge is 0.300 e. The number of ketones is 1. The van der Waals surface area contributed by atoms with E-state index in [4.69, 9.17) is 0 Å². The molecule has 0 aliphatic rings. The van der Waals surface area contributed by atoms with Gasteiger partial charge in [0.2, 0.25) is 0 Å². The number of hydrogen-bond donors (Lipinski definition) is 0. The molecule has 1 nitrogen and oxygen atoms in total. The maximum atomic E-state index is 11.3. The molecule has 0 aromatic heterocycles. The molecule has 0 unspecified atom stereocenters. The van der Waals surface area contributed by atoms with Crippen LogP contribution in [0.3, 0.4) is 0 Å². The topological polar surface area (TPSA) is 17.1 Å². The Labute approximate surface area is 92.5 Å². The van der Waals surface area contributed by atoms with Crippen LogP contribution in [0.1, 0.15) is 42.0 Å². The highest BCUT2D eigenvalue weighted by Gasteiger charge is 2.05.